The average Bonchev–Trinajstić information content (AvgIpc) is 3.04. The number of hydrogen-bond donors (Lipinski definition) is 0. The molecule has 0 heterocycles. The Hall–Kier alpha value is -1.28. The quantitative estimate of drug-likeness (QED) is 0.467. The Bertz CT molecular complexity index is 821. The maximum Gasteiger partial charge on any atom is 0.119 e. The minimum atomic E-state index is -0.0412. The molecule has 0 aliphatic heterocycles. The topological polar surface area (TPSA) is 18.5 Å². The molecule has 0 bridgehead atoms. The van der Waals surface area contributed by atoms with Crippen molar-refractivity contribution in [3.63, 3.8) is 0 Å². The normalized spacial score (nSPS) is 42.2. The van der Waals surface area contributed by atoms with E-state index in [1.165, 1.54) is 44.9 Å². The van der Waals surface area contributed by atoms with Crippen LogP contribution < -0.4 is 4.74 Å². The lowest BCUT2D eigenvalue weighted by Crippen LogP contribution is -2.52. The van der Waals surface area contributed by atoms with Crippen molar-refractivity contribution in [1.82, 2.24) is 0 Å². The van der Waals surface area contributed by atoms with Crippen LogP contribution in [0.2, 0.25) is 0 Å². The molecule has 0 spiro atoms. The van der Waals surface area contributed by atoms with Gasteiger partial charge in [0, 0.05) is 5.41 Å². The Morgan fingerprint density at radius 3 is 2.42 bits per heavy atom. The first kappa shape index (κ1) is 21.6. The predicted molar refractivity (Wildman–Crippen MR) is 127 cm³/mol. The van der Waals surface area contributed by atoms with Gasteiger partial charge < -0.3 is 9.47 Å². The van der Waals surface area contributed by atoms with Crippen LogP contribution in [0.3, 0.4) is 0 Å². The van der Waals surface area contributed by atoms with E-state index < -0.39 is 0 Å². The first-order chi connectivity index (χ1) is 14.7. The average molecular weight is 423 g/mol. The summed E-state index contributed by atoms with van der Waals surface area (Å²) in [6, 6.07) is 10.5. The monoisotopic (exact) mass is 422 g/mol. The summed E-state index contributed by atoms with van der Waals surface area (Å²) in [4.78, 5) is 0. The standard InChI is InChI=1S/C29H42O2/c1-27(2,3)31-22-15-17-28(4)20(19-22)11-12-23-24-13-14-26(29(24,5)18-16-25(23)28)30-21-9-7-6-8-10-21/h6-11,22-26H,12-19H2,1-5H3/t22-,23+,24+,25+,26-,28+,29+/m1/s1. The van der Waals surface area contributed by atoms with Crippen LogP contribution in [-0.4, -0.2) is 17.8 Å². The van der Waals surface area contributed by atoms with Crippen molar-refractivity contribution in [2.45, 2.75) is 104 Å². The van der Waals surface area contributed by atoms with Gasteiger partial charge in [-0.05, 0) is 107 Å². The van der Waals surface area contributed by atoms with Gasteiger partial charge in [0.25, 0.3) is 0 Å². The van der Waals surface area contributed by atoms with Crippen LogP contribution in [0.4, 0.5) is 0 Å². The lowest BCUT2D eigenvalue weighted by molar-refractivity contribution is -0.0971. The number of fused-ring (bicyclic) bond motifs is 5. The fourth-order valence-corrected chi connectivity index (χ4v) is 8.04. The van der Waals surface area contributed by atoms with E-state index >= 15 is 0 Å². The highest BCUT2D eigenvalue weighted by Gasteiger charge is 2.59. The van der Waals surface area contributed by atoms with E-state index in [1.807, 2.05) is 0 Å². The molecular formula is C29H42O2. The van der Waals surface area contributed by atoms with Crippen molar-refractivity contribution < 1.29 is 9.47 Å². The second kappa shape index (κ2) is 7.65. The van der Waals surface area contributed by atoms with Crippen molar-refractivity contribution in [3.05, 3.63) is 42.0 Å². The summed E-state index contributed by atoms with van der Waals surface area (Å²) in [6.45, 7) is 11.7. The van der Waals surface area contributed by atoms with Gasteiger partial charge in [0.15, 0.2) is 0 Å². The fourth-order valence-electron chi connectivity index (χ4n) is 8.04. The van der Waals surface area contributed by atoms with E-state index in [-0.39, 0.29) is 5.60 Å². The summed E-state index contributed by atoms with van der Waals surface area (Å²) in [6.07, 6.45) is 13.6. The number of benzene rings is 1. The van der Waals surface area contributed by atoms with E-state index in [2.05, 4.69) is 71.0 Å². The molecule has 2 nitrogen and oxygen atoms in total. The summed E-state index contributed by atoms with van der Waals surface area (Å²) >= 11 is 0. The molecule has 1 aromatic rings. The summed E-state index contributed by atoms with van der Waals surface area (Å²) < 4.78 is 13.0. The molecule has 4 aliphatic rings. The zero-order chi connectivity index (χ0) is 21.9. The third-order valence-corrected chi connectivity index (χ3v) is 9.51. The Balaban J connectivity index is 1.34. The first-order valence-corrected chi connectivity index (χ1v) is 12.8. The molecule has 170 valence electrons. The number of hydrogen-bond acceptors (Lipinski definition) is 2. The number of rotatable bonds is 3. The number of allylic oxidation sites excluding steroid dienone is 1. The third-order valence-electron chi connectivity index (χ3n) is 9.51. The number of ether oxygens (including phenoxy) is 2. The minimum Gasteiger partial charge on any atom is -0.490 e. The van der Waals surface area contributed by atoms with E-state index in [9.17, 15) is 0 Å². The maximum atomic E-state index is 6.59. The van der Waals surface area contributed by atoms with Gasteiger partial charge >= 0.3 is 0 Å². The van der Waals surface area contributed by atoms with Crippen LogP contribution in [0, 0.1) is 28.6 Å². The zero-order valence-corrected chi connectivity index (χ0v) is 20.3. The molecule has 0 N–H and O–H groups in total. The van der Waals surface area contributed by atoms with Crippen LogP contribution in [0.1, 0.15) is 86.0 Å². The van der Waals surface area contributed by atoms with E-state index in [0.29, 0.717) is 23.0 Å². The highest BCUT2D eigenvalue weighted by atomic mass is 16.5. The SMILES string of the molecule is CC(C)(C)O[C@@H]1CC[C@@]2(C)C(=CC[C@H]3[C@@H]4CC[C@@H](Oc5ccccc5)[C@@]4(C)CC[C@@H]32)C1. The molecule has 5 rings (SSSR count). The lowest BCUT2D eigenvalue weighted by Gasteiger charge is -2.58. The van der Waals surface area contributed by atoms with Gasteiger partial charge in [-0.3, -0.25) is 0 Å². The van der Waals surface area contributed by atoms with Crippen LogP contribution in [-0.2, 0) is 4.74 Å². The molecule has 3 fully saturated rings. The molecule has 3 saturated carbocycles. The first-order valence-electron chi connectivity index (χ1n) is 12.8. The maximum absolute atomic E-state index is 6.59. The Morgan fingerprint density at radius 1 is 0.903 bits per heavy atom. The summed E-state index contributed by atoms with van der Waals surface area (Å²) in [5, 5.41) is 0. The minimum absolute atomic E-state index is 0.0412. The Labute approximate surface area is 189 Å². The van der Waals surface area contributed by atoms with Gasteiger partial charge in [-0.1, -0.05) is 43.7 Å². The molecule has 0 aromatic heterocycles. The molecule has 1 aromatic carbocycles. The van der Waals surface area contributed by atoms with Crippen molar-refractivity contribution in [3.8, 4) is 5.75 Å². The molecule has 4 aliphatic carbocycles. The molecule has 0 unspecified atom stereocenters. The van der Waals surface area contributed by atoms with Gasteiger partial charge in [-0.2, -0.15) is 0 Å². The van der Waals surface area contributed by atoms with Gasteiger partial charge in [-0.15, -0.1) is 0 Å². The molecule has 7 atom stereocenters. The zero-order valence-electron chi connectivity index (χ0n) is 20.3. The Kier molecular flexibility index (Phi) is 5.32. The smallest absolute Gasteiger partial charge is 0.119 e. The van der Waals surface area contributed by atoms with E-state index in [0.717, 1.165) is 29.9 Å². The third kappa shape index (κ3) is 3.77. The van der Waals surface area contributed by atoms with Crippen molar-refractivity contribution in [1.29, 1.82) is 0 Å². The summed E-state index contributed by atoms with van der Waals surface area (Å²) in [7, 11) is 0. The summed E-state index contributed by atoms with van der Waals surface area (Å²) in [5.41, 5.74) is 2.39. The van der Waals surface area contributed by atoms with Crippen molar-refractivity contribution >= 4 is 0 Å². The van der Waals surface area contributed by atoms with Crippen LogP contribution in [0.15, 0.2) is 42.0 Å². The predicted octanol–water partition coefficient (Wildman–Crippen LogP) is 7.58. The van der Waals surface area contributed by atoms with E-state index in [4.69, 9.17) is 9.47 Å². The van der Waals surface area contributed by atoms with Gasteiger partial charge in [0.05, 0.1) is 11.7 Å². The highest BCUT2D eigenvalue weighted by molar-refractivity contribution is 5.26. The fraction of sp³-hybridized carbons (Fsp3) is 0.724. The molecule has 2 heteroatoms. The van der Waals surface area contributed by atoms with Gasteiger partial charge in [0.1, 0.15) is 11.9 Å². The van der Waals surface area contributed by atoms with Crippen molar-refractivity contribution in [2.75, 3.05) is 0 Å². The lowest BCUT2D eigenvalue weighted by atomic mass is 9.48. The van der Waals surface area contributed by atoms with Gasteiger partial charge in [0.2, 0.25) is 0 Å². The second-order valence-corrected chi connectivity index (χ2v) is 12.4. The van der Waals surface area contributed by atoms with Crippen molar-refractivity contribution in [2.24, 2.45) is 28.6 Å². The molecule has 31 heavy (non-hydrogen) atoms. The molecule has 0 radical (unpaired) electrons. The van der Waals surface area contributed by atoms with Gasteiger partial charge in [-0.25, -0.2) is 0 Å². The van der Waals surface area contributed by atoms with Crippen LogP contribution in [0.5, 0.6) is 5.75 Å². The largest absolute Gasteiger partial charge is 0.490 e. The van der Waals surface area contributed by atoms with E-state index in [1.54, 1.807) is 5.57 Å². The second-order valence-electron chi connectivity index (χ2n) is 12.4. The summed E-state index contributed by atoms with van der Waals surface area (Å²) in [5.74, 6) is 3.53. The van der Waals surface area contributed by atoms with Crippen LogP contribution in [0.25, 0.3) is 0 Å². The number of para-hydroxylation sites is 1. The molecule has 0 amide bonds. The Morgan fingerprint density at radius 2 is 1.68 bits per heavy atom. The molecule has 0 saturated heterocycles. The highest BCUT2D eigenvalue weighted by Crippen LogP contribution is 2.65. The molecular weight excluding hydrogens is 380 g/mol. The van der Waals surface area contributed by atoms with Crippen LogP contribution >= 0.6 is 0 Å².